The summed E-state index contributed by atoms with van der Waals surface area (Å²) in [6.45, 7) is 5.22. The normalized spacial score (nSPS) is 15.5. The number of amides is 1. The Bertz CT molecular complexity index is 1690. The van der Waals surface area contributed by atoms with Gasteiger partial charge in [-0.1, -0.05) is 43.3 Å². The summed E-state index contributed by atoms with van der Waals surface area (Å²) in [6.07, 6.45) is 3.71. The van der Waals surface area contributed by atoms with Crippen LogP contribution in [0.15, 0.2) is 82.2 Å². The van der Waals surface area contributed by atoms with Crippen molar-refractivity contribution in [1.29, 1.82) is 0 Å². The summed E-state index contributed by atoms with van der Waals surface area (Å²) >= 11 is 0. The molecule has 0 radical (unpaired) electrons. The molecule has 0 saturated carbocycles. The third-order valence-electron chi connectivity index (χ3n) is 8.23. The second kappa shape index (κ2) is 14.0. The maximum absolute atomic E-state index is 13.8. The third-order valence-corrected chi connectivity index (χ3v) is 10.1. The molecule has 2 aliphatic rings. The van der Waals surface area contributed by atoms with Gasteiger partial charge in [-0.25, -0.2) is 13.4 Å². The fourth-order valence-electron chi connectivity index (χ4n) is 5.89. The molecule has 45 heavy (non-hydrogen) atoms. The summed E-state index contributed by atoms with van der Waals surface area (Å²) < 4.78 is 33.5. The number of fused-ring (bicyclic) bond motifs is 1. The summed E-state index contributed by atoms with van der Waals surface area (Å²) in [5.74, 6) is 1.47. The van der Waals surface area contributed by atoms with Gasteiger partial charge in [-0.15, -0.1) is 0 Å². The van der Waals surface area contributed by atoms with E-state index in [1.54, 1.807) is 29.6 Å². The van der Waals surface area contributed by atoms with Gasteiger partial charge >= 0.3 is 0 Å². The Balaban J connectivity index is 1.34. The molecule has 10 heteroatoms. The second-order valence-electron chi connectivity index (χ2n) is 12.1. The first kappa shape index (κ1) is 32.4. The Morgan fingerprint density at radius 1 is 1.02 bits per heavy atom. The number of benzene rings is 3. The number of hydrogen-bond donors (Lipinski definition) is 1. The molecule has 2 aliphatic heterocycles. The highest BCUT2D eigenvalue weighted by Crippen LogP contribution is 2.34. The van der Waals surface area contributed by atoms with Crippen LogP contribution in [0.1, 0.15) is 30.9 Å². The largest absolute Gasteiger partial charge is 0.497 e. The minimum absolute atomic E-state index is 0.0443. The minimum atomic E-state index is -3.58. The molecule has 0 atom stereocenters. The van der Waals surface area contributed by atoms with Gasteiger partial charge in [0.05, 0.1) is 17.7 Å². The third kappa shape index (κ3) is 7.64. The fraction of sp³-hybridized carbons (Fsp3) is 0.371. The lowest BCUT2D eigenvalue weighted by atomic mass is 10.0. The Kier molecular flexibility index (Phi) is 10.1. The van der Waals surface area contributed by atoms with Crippen molar-refractivity contribution < 1.29 is 17.9 Å². The Morgan fingerprint density at radius 3 is 2.44 bits per heavy atom. The smallest absolute Gasteiger partial charge is 0.250 e. The SMILES string of the molecule is CCCN(CCc1ccc(OC)cc1)C(=O)C1=Cc2ccc(-c3cccc(S(=O)(=O)N4CC(CN(C)C)C4)c3)cc2N=C(N)C1. The van der Waals surface area contributed by atoms with Gasteiger partial charge in [0.1, 0.15) is 11.6 Å². The van der Waals surface area contributed by atoms with Crippen molar-refractivity contribution in [2.24, 2.45) is 16.6 Å². The monoisotopic (exact) mass is 629 g/mol. The molecule has 3 aromatic carbocycles. The molecule has 238 valence electrons. The first-order chi connectivity index (χ1) is 21.6. The molecule has 0 aromatic heterocycles. The molecule has 3 aromatic rings. The van der Waals surface area contributed by atoms with Crippen LogP contribution in [0.2, 0.25) is 0 Å². The van der Waals surface area contributed by atoms with E-state index in [4.69, 9.17) is 10.5 Å². The molecule has 9 nitrogen and oxygen atoms in total. The summed E-state index contributed by atoms with van der Waals surface area (Å²) in [7, 11) is 2.07. The first-order valence-electron chi connectivity index (χ1n) is 15.4. The molecule has 5 rings (SSSR count). The second-order valence-corrected chi connectivity index (χ2v) is 14.0. The zero-order chi connectivity index (χ0) is 32.1. The lowest BCUT2D eigenvalue weighted by Gasteiger charge is -2.39. The number of sulfonamides is 1. The van der Waals surface area contributed by atoms with Crippen LogP contribution in [-0.4, -0.2) is 88.2 Å². The average Bonchev–Trinajstić information content (AvgIpc) is 3.18. The number of amidine groups is 1. The molecule has 1 saturated heterocycles. The maximum Gasteiger partial charge on any atom is 0.250 e. The number of hydrogen-bond acceptors (Lipinski definition) is 7. The average molecular weight is 630 g/mol. The summed E-state index contributed by atoms with van der Waals surface area (Å²) in [5, 5.41) is 0. The predicted octanol–water partition coefficient (Wildman–Crippen LogP) is 4.80. The van der Waals surface area contributed by atoms with Crippen molar-refractivity contribution in [3.8, 4) is 16.9 Å². The van der Waals surface area contributed by atoms with E-state index in [0.717, 1.165) is 47.4 Å². The summed E-state index contributed by atoms with van der Waals surface area (Å²) in [6, 6.07) is 20.7. The van der Waals surface area contributed by atoms with Crippen LogP contribution in [0, 0.1) is 5.92 Å². The predicted molar refractivity (Wildman–Crippen MR) is 180 cm³/mol. The van der Waals surface area contributed by atoms with Crippen LogP contribution in [-0.2, 0) is 21.2 Å². The molecular formula is C35H43N5O4S. The minimum Gasteiger partial charge on any atom is -0.497 e. The Morgan fingerprint density at radius 2 is 1.76 bits per heavy atom. The number of nitrogens with zero attached hydrogens (tertiary/aromatic N) is 4. The van der Waals surface area contributed by atoms with Crippen molar-refractivity contribution >= 4 is 33.5 Å². The number of aliphatic imine (C=N–C) groups is 1. The van der Waals surface area contributed by atoms with Crippen LogP contribution in [0.4, 0.5) is 5.69 Å². The van der Waals surface area contributed by atoms with Crippen molar-refractivity contribution in [3.63, 3.8) is 0 Å². The van der Waals surface area contributed by atoms with Crippen molar-refractivity contribution in [1.82, 2.24) is 14.1 Å². The zero-order valence-electron chi connectivity index (χ0n) is 26.6. The first-order valence-corrected chi connectivity index (χ1v) is 16.9. The lowest BCUT2D eigenvalue weighted by molar-refractivity contribution is -0.127. The van der Waals surface area contributed by atoms with Crippen LogP contribution < -0.4 is 10.5 Å². The van der Waals surface area contributed by atoms with Crippen LogP contribution in [0.25, 0.3) is 17.2 Å². The number of ether oxygens (including phenoxy) is 1. The number of rotatable bonds is 12. The molecule has 0 bridgehead atoms. The molecule has 0 spiro atoms. The van der Waals surface area contributed by atoms with Gasteiger partial charge < -0.3 is 20.3 Å². The van der Waals surface area contributed by atoms with Gasteiger partial charge in [0.15, 0.2) is 0 Å². The Hall–Kier alpha value is -3.99. The Labute approximate surface area is 267 Å². The highest BCUT2D eigenvalue weighted by Gasteiger charge is 2.36. The molecule has 2 heterocycles. The highest BCUT2D eigenvalue weighted by molar-refractivity contribution is 7.89. The van der Waals surface area contributed by atoms with Crippen molar-refractivity contribution in [3.05, 3.63) is 83.4 Å². The number of nitrogens with two attached hydrogens (primary N) is 1. The van der Waals surface area contributed by atoms with Crippen molar-refractivity contribution in [2.75, 3.05) is 53.9 Å². The highest BCUT2D eigenvalue weighted by atomic mass is 32.2. The van der Waals surface area contributed by atoms with Gasteiger partial charge in [-0.2, -0.15) is 4.31 Å². The molecule has 2 N–H and O–H groups in total. The van der Waals surface area contributed by atoms with E-state index >= 15 is 0 Å². The fourth-order valence-corrected chi connectivity index (χ4v) is 7.53. The van der Waals surface area contributed by atoms with E-state index in [0.29, 0.717) is 49.2 Å². The van der Waals surface area contributed by atoms with E-state index < -0.39 is 10.0 Å². The van der Waals surface area contributed by atoms with Crippen LogP contribution >= 0.6 is 0 Å². The van der Waals surface area contributed by atoms with Gasteiger partial charge in [0.25, 0.3) is 0 Å². The quantitative estimate of drug-likeness (QED) is 0.308. The number of methoxy groups -OCH3 is 1. The van der Waals surface area contributed by atoms with Gasteiger partial charge in [-0.05, 0) is 86.0 Å². The van der Waals surface area contributed by atoms with Gasteiger partial charge in [0, 0.05) is 50.3 Å². The lowest BCUT2D eigenvalue weighted by Crippen LogP contribution is -2.52. The maximum atomic E-state index is 13.8. The van der Waals surface area contributed by atoms with Gasteiger partial charge in [-0.3, -0.25) is 4.79 Å². The van der Waals surface area contributed by atoms with Crippen molar-refractivity contribution in [2.45, 2.75) is 31.1 Å². The number of carbonyl (C=O) groups is 1. The topological polar surface area (TPSA) is 109 Å². The molecular weight excluding hydrogens is 586 g/mol. The van der Waals surface area contributed by atoms with E-state index in [1.165, 1.54) is 0 Å². The van der Waals surface area contributed by atoms with E-state index in [1.807, 2.05) is 73.6 Å². The van der Waals surface area contributed by atoms with Crippen LogP contribution in [0.3, 0.4) is 0 Å². The summed E-state index contributed by atoms with van der Waals surface area (Å²) in [5.41, 5.74) is 11.1. The standard InChI is InChI=1S/C35H43N5O4S/c1-5-16-39(17-15-25-9-13-31(44-4)14-10-25)35(41)30-18-29-12-11-28(20-33(29)37-34(36)21-30)27-7-6-8-32(19-27)45(42,43)40-23-26(24-40)22-38(2)3/h6-14,18-20,26H,5,15-17,21-24H2,1-4H3,(H2,36,37). The zero-order valence-corrected chi connectivity index (χ0v) is 27.4. The molecule has 0 unspecified atom stereocenters. The molecule has 1 fully saturated rings. The van der Waals surface area contributed by atoms with E-state index in [-0.39, 0.29) is 17.2 Å². The van der Waals surface area contributed by atoms with Gasteiger partial charge in [0.2, 0.25) is 15.9 Å². The molecule has 1 amide bonds. The van der Waals surface area contributed by atoms with Crippen LogP contribution in [0.5, 0.6) is 5.75 Å². The van der Waals surface area contributed by atoms with E-state index in [2.05, 4.69) is 16.8 Å². The molecule has 0 aliphatic carbocycles. The summed E-state index contributed by atoms with van der Waals surface area (Å²) in [4.78, 5) is 22.7. The van der Waals surface area contributed by atoms with E-state index in [9.17, 15) is 13.2 Å². The number of carbonyl (C=O) groups excluding carboxylic acids is 1.